The summed E-state index contributed by atoms with van der Waals surface area (Å²) < 4.78 is 11.2. The first-order valence-corrected chi connectivity index (χ1v) is 12.4. The largest absolute Gasteiger partial charge is 0.493 e. The van der Waals surface area contributed by atoms with Crippen molar-refractivity contribution in [3.05, 3.63) is 65.0 Å². The molecule has 0 radical (unpaired) electrons. The highest BCUT2D eigenvalue weighted by molar-refractivity contribution is 5.71. The lowest BCUT2D eigenvalue weighted by Gasteiger charge is -2.20. The van der Waals surface area contributed by atoms with Gasteiger partial charge in [0.1, 0.15) is 17.0 Å². The van der Waals surface area contributed by atoms with Crippen molar-refractivity contribution in [1.82, 2.24) is 29.2 Å². The molecule has 0 bridgehead atoms. The third-order valence-corrected chi connectivity index (χ3v) is 6.61. The van der Waals surface area contributed by atoms with Gasteiger partial charge in [-0.3, -0.25) is 9.48 Å². The summed E-state index contributed by atoms with van der Waals surface area (Å²) in [4.78, 5) is 13.2. The molecule has 3 aromatic heterocycles. The molecule has 5 rings (SSSR count). The standard InChI is InChI=1S/C26H32N6O2/c1-2-3-15-34-25-12-8-7-11-22(25)23-16-24-26(33)30(13-14-32(24)28-23)18-21-19-31(29-27-21)17-20-9-5-4-6-10-20/h7-8,11-14,16,19-20H,2-6,9-10,15,17-18H2,1H3. The maximum Gasteiger partial charge on any atom is 0.276 e. The van der Waals surface area contributed by atoms with Gasteiger partial charge in [-0.15, -0.1) is 5.10 Å². The number of aromatic nitrogens is 6. The highest BCUT2D eigenvalue weighted by Crippen LogP contribution is 2.29. The van der Waals surface area contributed by atoms with Crippen LogP contribution < -0.4 is 10.3 Å². The second kappa shape index (κ2) is 10.2. The van der Waals surface area contributed by atoms with Crippen molar-refractivity contribution in [2.45, 2.75) is 65.0 Å². The summed E-state index contributed by atoms with van der Waals surface area (Å²) in [6.07, 6.45) is 14.1. The molecule has 4 aromatic rings. The van der Waals surface area contributed by atoms with Gasteiger partial charge in [0.05, 0.1) is 25.0 Å². The maximum atomic E-state index is 13.2. The third kappa shape index (κ3) is 4.90. The van der Waals surface area contributed by atoms with E-state index in [1.54, 1.807) is 15.3 Å². The number of nitrogens with zero attached hydrogens (tertiary/aromatic N) is 6. The van der Waals surface area contributed by atoms with E-state index in [1.807, 2.05) is 47.4 Å². The number of ether oxygens (including phenoxy) is 1. The first-order chi connectivity index (χ1) is 16.7. The minimum Gasteiger partial charge on any atom is -0.493 e. The Morgan fingerprint density at radius 3 is 2.82 bits per heavy atom. The summed E-state index contributed by atoms with van der Waals surface area (Å²) in [5.41, 5.74) is 2.82. The number of benzene rings is 1. The Kier molecular flexibility index (Phi) is 6.74. The van der Waals surface area contributed by atoms with Crippen LogP contribution in [0.5, 0.6) is 5.75 Å². The fourth-order valence-electron chi connectivity index (χ4n) is 4.72. The molecular weight excluding hydrogens is 428 g/mol. The summed E-state index contributed by atoms with van der Waals surface area (Å²) in [5.74, 6) is 1.47. The van der Waals surface area contributed by atoms with Crippen LogP contribution >= 0.6 is 0 Å². The van der Waals surface area contributed by atoms with Crippen LogP contribution in [-0.4, -0.2) is 35.8 Å². The maximum absolute atomic E-state index is 13.2. The third-order valence-electron chi connectivity index (χ3n) is 6.61. The van der Waals surface area contributed by atoms with E-state index < -0.39 is 0 Å². The second-order valence-corrected chi connectivity index (χ2v) is 9.22. The van der Waals surface area contributed by atoms with Gasteiger partial charge in [0, 0.05) is 24.5 Å². The van der Waals surface area contributed by atoms with Crippen molar-refractivity contribution in [2.75, 3.05) is 6.61 Å². The molecule has 1 aliphatic rings. The van der Waals surface area contributed by atoms with Crippen LogP contribution in [0, 0.1) is 5.92 Å². The zero-order valence-electron chi connectivity index (χ0n) is 19.8. The number of hydrogen-bond acceptors (Lipinski definition) is 5. The molecule has 1 fully saturated rings. The van der Waals surface area contributed by atoms with E-state index in [-0.39, 0.29) is 5.56 Å². The van der Waals surface area contributed by atoms with E-state index in [0.29, 0.717) is 24.6 Å². The van der Waals surface area contributed by atoms with Crippen molar-refractivity contribution in [2.24, 2.45) is 5.92 Å². The van der Waals surface area contributed by atoms with E-state index in [9.17, 15) is 4.79 Å². The molecule has 8 heteroatoms. The Balaban J connectivity index is 1.35. The molecule has 0 atom stereocenters. The van der Waals surface area contributed by atoms with Gasteiger partial charge in [0.2, 0.25) is 0 Å². The van der Waals surface area contributed by atoms with Gasteiger partial charge in [0.25, 0.3) is 5.56 Å². The van der Waals surface area contributed by atoms with E-state index in [0.717, 1.165) is 42.1 Å². The number of hydrogen-bond donors (Lipinski definition) is 0. The molecule has 8 nitrogen and oxygen atoms in total. The van der Waals surface area contributed by atoms with Crippen molar-refractivity contribution >= 4 is 5.52 Å². The topological polar surface area (TPSA) is 79.2 Å². The lowest BCUT2D eigenvalue weighted by Crippen LogP contribution is -2.22. The van der Waals surface area contributed by atoms with Crippen LogP contribution in [0.3, 0.4) is 0 Å². The summed E-state index contributed by atoms with van der Waals surface area (Å²) in [6.45, 7) is 4.10. The van der Waals surface area contributed by atoms with Gasteiger partial charge in [-0.1, -0.05) is 50.0 Å². The molecule has 1 aliphatic carbocycles. The highest BCUT2D eigenvalue weighted by atomic mass is 16.5. The van der Waals surface area contributed by atoms with Crippen molar-refractivity contribution in [3.8, 4) is 17.0 Å². The van der Waals surface area contributed by atoms with E-state index in [2.05, 4.69) is 22.3 Å². The molecule has 0 spiro atoms. The van der Waals surface area contributed by atoms with Crippen molar-refractivity contribution in [3.63, 3.8) is 0 Å². The predicted molar refractivity (Wildman–Crippen MR) is 131 cm³/mol. The molecule has 3 heterocycles. The average molecular weight is 461 g/mol. The zero-order chi connectivity index (χ0) is 23.3. The normalized spacial score (nSPS) is 14.6. The molecule has 34 heavy (non-hydrogen) atoms. The Morgan fingerprint density at radius 1 is 1.12 bits per heavy atom. The van der Waals surface area contributed by atoms with Crippen LogP contribution in [0.4, 0.5) is 0 Å². The number of unbranched alkanes of at least 4 members (excludes halogenated alkanes) is 1. The van der Waals surface area contributed by atoms with Gasteiger partial charge in [-0.05, 0) is 43.4 Å². The van der Waals surface area contributed by atoms with E-state index in [1.165, 1.54) is 32.1 Å². The molecule has 1 saturated carbocycles. The smallest absolute Gasteiger partial charge is 0.276 e. The van der Waals surface area contributed by atoms with E-state index in [4.69, 9.17) is 4.74 Å². The Labute approximate surface area is 199 Å². The molecule has 0 aliphatic heterocycles. The van der Waals surface area contributed by atoms with Gasteiger partial charge >= 0.3 is 0 Å². The minimum atomic E-state index is -0.104. The summed E-state index contributed by atoms with van der Waals surface area (Å²) in [6, 6.07) is 9.67. The van der Waals surface area contributed by atoms with Crippen LogP contribution in [0.1, 0.15) is 57.6 Å². The minimum absolute atomic E-state index is 0.104. The van der Waals surface area contributed by atoms with Crippen molar-refractivity contribution in [1.29, 1.82) is 0 Å². The monoisotopic (exact) mass is 460 g/mol. The molecule has 0 saturated heterocycles. The van der Waals surface area contributed by atoms with Crippen LogP contribution in [0.25, 0.3) is 16.8 Å². The highest BCUT2D eigenvalue weighted by Gasteiger charge is 2.16. The first-order valence-electron chi connectivity index (χ1n) is 12.4. The second-order valence-electron chi connectivity index (χ2n) is 9.22. The fourth-order valence-corrected chi connectivity index (χ4v) is 4.72. The molecular formula is C26H32N6O2. The van der Waals surface area contributed by atoms with Gasteiger partial charge in [-0.2, -0.15) is 5.10 Å². The quantitative estimate of drug-likeness (QED) is 0.342. The van der Waals surface area contributed by atoms with Gasteiger partial charge < -0.3 is 9.30 Å². The van der Waals surface area contributed by atoms with Gasteiger partial charge in [0.15, 0.2) is 0 Å². The van der Waals surface area contributed by atoms with Crippen LogP contribution in [-0.2, 0) is 13.1 Å². The zero-order valence-corrected chi connectivity index (χ0v) is 19.8. The van der Waals surface area contributed by atoms with E-state index >= 15 is 0 Å². The molecule has 1 aromatic carbocycles. The Hall–Kier alpha value is -3.42. The molecule has 0 amide bonds. The Bertz CT molecular complexity index is 1300. The van der Waals surface area contributed by atoms with Crippen LogP contribution in [0.2, 0.25) is 0 Å². The number of para-hydroxylation sites is 1. The predicted octanol–water partition coefficient (Wildman–Crippen LogP) is 4.56. The summed E-state index contributed by atoms with van der Waals surface area (Å²) in [5, 5.41) is 13.3. The fraction of sp³-hybridized carbons (Fsp3) is 0.462. The van der Waals surface area contributed by atoms with Gasteiger partial charge in [-0.25, -0.2) is 4.52 Å². The molecule has 0 N–H and O–H groups in total. The van der Waals surface area contributed by atoms with Crippen molar-refractivity contribution < 1.29 is 4.74 Å². The number of rotatable bonds is 9. The van der Waals surface area contributed by atoms with Crippen LogP contribution in [0.15, 0.2) is 53.7 Å². The lowest BCUT2D eigenvalue weighted by atomic mass is 9.89. The molecule has 0 unspecified atom stereocenters. The average Bonchev–Trinajstić information content (AvgIpc) is 3.49. The first kappa shape index (κ1) is 22.4. The lowest BCUT2D eigenvalue weighted by molar-refractivity contribution is 0.305. The summed E-state index contributed by atoms with van der Waals surface area (Å²) >= 11 is 0. The number of fused-ring (bicyclic) bond motifs is 1. The Morgan fingerprint density at radius 2 is 1.97 bits per heavy atom. The SMILES string of the molecule is CCCCOc1ccccc1-c1cc2c(=O)n(Cc3cn(CC4CCCCC4)nn3)ccn2n1. The summed E-state index contributed by atoms with van der Waals surface area (Å²) in [7, 11) is 0. The molecule has 178 valence electrons.